The Labute approximate surface area is 235 Å². The summed E-state index contributed by atoms with van der Waals surface area (Å²) in [6.45, 7) is 2.73. The SMILES string of the molecule is CC1(C)C(=O)N(c2ccc(C#N)c(C(F)(F)F)c2)C(=S)N1c1cnc(CNC(=O)c2ccc3[nH]ncc3c2)c(F)c1. The molecule has 14 heteroatoms. The minimum absolute atomic E-state index is 0.0820. The van der Waals surface area contributed by atoms with Gasteiger partial charge in [0, 0.05) is 17.0 Å². The first-order valence-electron chi connectivity index (χ1n) is 12.0. The number of alkyl halides is 3. The Bertz CT molecular complexity index is 1780. The molecule has 41 heavy (non-hydrogen) atoms. The third-order valence-corrected chi connectivity index (χ3v) is 7.00. The van der Waals surface area contributed by atoms with Crippen LogP contribution in [0.5, 0.6) is 0 Å². The van der Waals surface area contributed by atoms with Crippen molar-refractivity contribution in [3.63, 3.8) is 0 Å². The van der Waals surface area contributed by atoms with Crippen molar-refractivity contribution in [2.75, 3.05) is 9.80 Å². The van der Waals surface area contributed by atoms with Crippen LogP contribution in [-0.4, -0.2) is 37.6 Å². The number of amides is 2. The molecule has 4 aromatic rings. The van der Waals surface area contributed by atoms with E-state index in [-0.39, 0.29) is 28.7 Å². The monoisotopic (exact) mass is 581 g/mol. The number of benzene rings is 2. The fourth-order valence-electron chi connectivity index (χ4n) is 4.52. The standard InChI is InChI=1S/C27H19F4N7O2S/c1-26(2)24(40)37(17-5-3-15(10-32)19(8-17)27(29,30)31)25(41)38(26)18-9-20(28)22(33-12-18)13-34-23(39)14-4-6-21-16(7-14)11-35-36-21/h3-9,11-12H,13H2,1-2H3,(H,34,39)(H,35,36). The topological polar surface area (TPSA) is 118 Å². The van der Waals surface area contributed by atoms with Crippen LogP contribution in [-0.2, 0) is 17.5 Å². The van der Waals surface area contributed by atoms with Gasteiger partial charge in [0.2, 0.25) is 0 Å². The molecule has 1 fully saturated rings. The van der Waals surface area contributed by atoms with Gasteiger partial charge < -0.3 is 10.2 Å². The first-order valence-corrected chi connectivity index (χ1v) is 12.4. The molecule has 2 amide bonds. The van der Waals surface area contributed by atoms with Crippen molar-refractivity contribution in [1.29, 1.82) is 5.26 Å². The summed E-state index contributed by atoms with van der Waals surface area (Å²) in [4.78, 5) is 32.2. The summed E-state index contributed by atoms with van der Waals surface area (Å²) in [6.07, 6.45) is -2.02. The third-order valence-electron chi connectivity index (χ3n) is 6.64. The highest BCUT2D eigenvalue weighted by Gasteiger charge is 2.51. The molecule has 9 nitrogen and oxygen atoms in total. The molecule has 0 spiro atoms. The van der Waals surface area contributed by atoms with Crippen LogP contribution in [0.15, 0.2) is 54.9 Å². The highest BCUT2D eigenvalue weighted by molar-refractivity contribution is 7.81. The molecule has 2 N–H and O–H groups in total. The average molecular weight is 582 g/mol. The molecule has 5 rings (SSSR count). The van der Waals surface area contributed by atoms with E-state index in [4.69, 9.17) is 17.5 Å². The van der Waals surface area contributed by atoms with Crippen molar-refractivity contribution in [3.8, 4) is 6.07 Å². The number of nitrogens with zero attached hydrogens (tertiary/aromatic N) is 5. The summed E-state index contributed by atoms with van der Waals surface area (Å²) in [5.74, 6) is -1.91. The molecule has 1 aliphatic heterocycles. The summed E-state index contributed by atoms with van der Waals surface area (Å²) in [5, 5.41) is 18.9. The Balaban J connectivity index is 1.38. The molecule has 1 aliphatic rings. The second-order valence-electron chi connectivity index (χ2n) is 9.63. The maximum Gasteiger partial charge on any atom is 0.417 e. The summed E-state index contributed by atoms with van der Waals surface area (Å²) >= 11 is 5.46. The molecule has 0 saturated carbocycles. The number of aromatic nitrogens is 3. The van der Waals surface area contributed by atoms with Gasteiger partial charge in [-0.2, -0.15) is 23.5 Å². The van der Waals surface area contributed by atoms with Gasteiger partial charge in [0.25, 0.3) is 11.8 Å². The number of aromatic amines is 1. The highest BCUT2D eigenvalue weighted by Crippen LogP contribution is 2.39. The first kappa shape index (κ1) is 27.7. The number of H-pyrrole nitrogens is 1. The molecule has 1 saturated heterocycles. The van der Waals surface area contributed by atoms with Crippen LogP contribution in [0.3, 0.4) is 0 Å². The predicted molar refractivity (Wildman–Crippen MR) is 144 cm³/mol. The van der Waals surface area contributed by atoms with Crippen LogP contribution in [0.2, 0.25) is 0 Å². The van der Waals surface area contributed by atoms with E-state index in [0.29, 0.717) is 11.6 Å². The van der Waals surface area contributed by atoms with E-state index < -0.39 is 40.5 Å². The van der Waals surface area contributed by atoms with Gasteiger partial charge in [-0.1, -0.05) is 0 Å². The average Bonchev–Trinajstić information content (AvgIpc) is 3.46. The second kappa shape index (κ2) is 9.93. The van der Waals surface area contributed by atoms with Gasteiger partial charge in [0.1, 0.15) is 11.4 Å². The minimum atomic E-state index is -4.84. The van der Waals surface area contributed by atoms with E-state index in [1.807, 2.05) is 0 Å². The number of anilines is 2. The van der Waals surface area contributed by atoms with Crippen LogP contribution < -0.4 is 15.1 Å². The van der Waals surface area contributed by atoms with Crippen molar-refractivity contribution in [3.05, 3.63) is 83.1 Å². The Hall–Kier alpha value is -4.90. The lowest BCUT2D eigenvalue weighted by Gasteiger charge is -2.29. The molecule has 2 aromatic carbocycles. The smallest absolute Gasteiger partial charge is 0.346 e. The van der Waals surface area contributed by atoms with E-state index in [2.05, 4.69) is 20.5 Å². The summed E-state index contributed by atoms with van der Waals surface area (Å²) in [7, 11) is 0. The van der Waals surface area contributed by atoms with Gasteiger partial charge in [-0.3, -0.25) is 24.6 Å². The van der Waals surface area contributed by atoms with Crippen LogP contribution in [0.4, 0.5) is 28.9 Å². The first-order chi connectivity index (χ1) is 19.3. The summed E-state index contributed by atoms with van der Waals surface area (Å²) in [5.41, 5.74) is -2.33. The lowest BCUT2D eigenvalue weighted by molar-refractivity contribution is -0.137. The maximum atomic E-state index is 15.1. The number of thiocarbonyl (C=S) groups is 1. The summed E-state index contributed by atoms with van der Waals surface area (Å²) < 4.78 is 55.8. The Morgan fingerprint density at radius 1 is 1.15 bits per heavy atom. The second-order valence-corrected chi connectivity index (χ2v) is 10.00. The molecular weight excluding hydrogens is 562 g/mol. The van der Waals surface area contributed by atoms with E-state index in [9.17, 15) is 22.8 Å². The van der Waals surface area contributed by atoms with Crippen LogP contribution in [0.25, 0.3) is 10.9 Å². The normalized spacial score (nSPS) is 15.0. The highest BCUT2D eigenvalue weighted by atomic mass is 32.1. The number of fused-ring (bicyclic) bond motifs is 1. The van der Waals surface area contributed by atoms with Crippen LogP contribution in [0.1, 0.15) is 41.0 Å². The predicted octanol–water partition coefficient (Wildman–Crippen LogP) is 4.83. The Morgan fingerprint density at radius 2 is 1.90 bits per heavy atom. The lowest BCUT2D eigenvalue weighted by atomic mass is 10.0. The van der Waals surface area contributed by atoms with Gasteiger partial charge >= 0.3 is 6.18 Å². The zero-order valence-corrected chi connectivity index (χ0v) is 22.2. The van der Waals surface area contributed by atoms with E-state index in [1.54, 1.807) is 24.4 Å². The number of hydrogen-bond donors (Lipinski definition) is 2. The Kier molecular flexibility index (Phi) is 6.70. The number of pyridine rings is 1. The van der Waals surface area contributed by atoms with Gasteiger partial charge in [0.05, 0.1) is 58.7 Å². The number of carbonyl (C=O) groups excluding carboxylic acids is 2. The fourth-order valence-corrected chi connectivity index (χ4v) is 5.04. The van der Waals surface area contributed by atoms with Crippen molar-refractivity contribution in [2.24, 2.45) is 0 Å². The number of nitriles is 1. The zero-order valence-electron chi connectivity index (χ0n) is 21.4. The molecule has 2 aromatic heterocycles. The van der Waals surface area contributed by atoms with Crippen LogP contribution >= 0.6 is 12.2 Å². The summed E-state index contributed by atoms with van der Waals surface area (Å²) in [6, 6.07) is 10.3. The number of nitrogens with one attached hydrogen (secondary N) is 2. The zero-order chi connectivity index (χ0) is 29.7. The van der Waals surface area contributed by atoms with Crippen LogP contribution in [0, 0.1) is 17.1 Å². The van der Waals surface area contributed by atoms with Gasteiger partial charge in [-0.05, 0) is 62.5 Å². The minimum Gasteiger partial charge on any atom is -0.346 e. The number of carbonyl (C=O) groups is 2. The Morgan fingerprint density at radius 3 is 2.59 bits per heavy atom. The van der Waals surface area contributed by atoms with Gasteiger partial charge in [-0.15, -0.1) is 0 Å². The van der Waals surface area contributed by atoms with Crippen molar-refractivity contribution in [1.82, 2.24) is 20.5 Å². The van der Waals surface area contributed by atoms with Crippen molar-refractivity contribution >= 4 is 51.4 Å². The molecule has 0 aliphatic carbocycles. The van der Waals surface area contributed by atoms with Crippen molar-refractivity contribution < 1.29 is 27.2 Å². The van der Waals surface area contributed by atoms with Gasteiger partial charge in [0.15, 0.2) is 5.11 Å². The molecule has 3 heterocycles. The van der Waals surface area contributed by atoms with Gasteiger partial charge in [-0.25, -0.2) is 4.39 Å². The molecular formula is C27H19F4N7O2S. The molecule has 208 valence electrons. The number of hydrogen-bond acceptors (Lipinski definition) is 6. The molecule has 0 unspecified atom stereocenters. The lowest BCUT2D eigenvalue weighted by Crippen LogP contribution is -2.44. The third kappa shape index (κ3) is 4.84. The number of halogens is 4. The molecule has 0 bridgehead atoms. The van der Waals surface area contributed by atoms with E-state index in [1.165, 1.54) is 37.1 Å². The molecule has 0 atom stereocenters. The number of rotatable bonds is 5. The quantitative estimate of drug-likeness (QED) is 0.256. The van der Waals surface area contributed by atoms with E-state index >= 15 is 4.39 Å². The maximum absolute atomic E-state index is 15.1. The fraction of sp³-hybridized carbons (Fsp3) is 0.185. The molecule has 0 radical (unpaired) electrons. The van der Waals surface area contributed by atoms with Crippen molar-refractivity contribution in [2.45, 2.75) is 32.1 Å². The largest absolute Gasteiger partial charge is 0.417 e. The van der Waals surface area contributed by atoms with E-state index in [0.717, 1.165) is 27.9 Å².